The van der Waals surface area contributed by atoms with Gasteiger partial charge in [-0.1, -0.05) is 43.3 Å². The third-order valence-electron chi connectivity index (χ3n) is 5.12. The molecule has 0 bridgehead atoms. The van der Waals surface area contributed by atoms with Gasteiger partial charge in [-0.2, -0.15) is 0 Å². The Labute approximate surface area is 157 Å². The maximum atomic E-state index is 6.09. The van der Waals surface area contributed by atoms with E-state index in [9.17, 15) is 0 Å². The molecule has 1 saturated heterocycles. The van der Waals surface area contributed by atoms with Gasteiger partial charge in [0, 0.05) is 39.3 Å². The second-order valence-electron chi connectivity index (χ2n) is 6.97. The van der Waals surface area contributed by atoms with Gasteiger partial charge in [-0.25, -0.2) is 0 Å². The van der Waals surface area contributed by atoms with Crippen molar-refractivity contribution in [2.24, 2.45) is 0 Å². The molecule has 2 aromatic carbocycles. The van der Waals surface area contributed by atoms with Crippen molar-refractivity contribution in [3.63, 3.8) is 0 Å². The smallest absolute Gasteiger partial charge is 0.142 e. The molecule has 1 fully saturated rings. The van der Waals surface area contributed by atoms with Crippen LogP contribution < -0.4 is 10.1 Å². The van der Waals surface area contributed by atoms with Gasteiger partial charge in [0.2, 0.25) is 0 Å². The Kier molecular flexibility index (Phi) is 6.92. The van der Waals surface area contributed by atoms with E-state index in [4.69, 9.17) is 4.74 Å². The highest BCUT2D eigenvalue weighted by molar-refractivity contribution is 5.56. The SMILES string of the molecule is CCc1ccccc1CNc1ccccc1OCCN1CCN(C)CC1. The average Bonchev–Trinajstić information content (AvgIpc) is 2.69. The molecule has 0 unspecified atom stereocenters. The van der Waals surface area contributed by atoms with Gasteiger partial charge in [-0.15, -0.1) is 0 Å². The van der Waals surface area contributed by atoms with E-state index < -0.39 is 0 Å². The zero-order valence-electron chi connectivity index (χ0n) is 16.1. The van der Waals surface area contributed by atoms with Gasteiger partial charge in [0.1, 0.15) is 12.4 Å². The number of benzene rings is 2. The molecular weight excluding hydrogens is 322 g/mol. The number of para-hydroxylation sites is 2. The van der Waals surface area contributed by atoms with Gasteiger partial charge in [0.25, 0.3) is 0 Å². The van der Waals surface area contributed by atoms with E-state index in [0.29, 0.717) is 0 Å². The van der Waals surface area contributed by atoms with E-state index in [-0.39, 0.29) is 0 Å². The topological polar surface area (TPSA) is 27.7 Å². The number of piperazine rings is 1. The summed E-state index contributed by atoms with van der Waals surface area (Å²) in [6, 6.07) is 16.9. The Bertz CT molecular complexity index is 681. The van der Waals surface area contributed by atoms with Crippen molar-refractivity contribution in [2.75, 3.05) is 51.7 Å². The molecule has 0 atom stereocenters. The number of ether oxygens (including phenoxy) is 1. The molecule has 1 heterocycles. The molecule has 1 aliphatic rings. The first-order valence-corrected chi connectivity index (χ1v) is 9.69. The van der Waals surface area contributed by atoms with Crippen molar-refractivity contribution < 1.29 is 4.74 Å². The maximum Gasteiger partial charge on any atom is 0.142 e. The quantitative estimate of drug-likeness (QED) is 0.786. The van der Waals surface area contributed by atoms with Crippen LogP contribution >= 0.6 is 0 Å². The van der Waals surface area contributed by atoms with Gasteiger partial charge >= 0.3 is 0 Å². The molecular formula is C22H31N3O. The lowest BCUT2D eigenvalue weighted by atomic mass is 10.1. The number of aryl methyl sites for hydroxylation is 1. The summed E-state index contributed by atoms with van der Waals surface area (Å²) in [5.74, 6) is 0.940. The van der Waals surface area contributed by atoms with Crippen molar-refractivity contribution in [3.8, 4) is 5.75 Å². The lowest BCUT2D eigenvalue weighted by Crippen LogP contribution is -2.45. The van der Waals surface area contributed by atoms with Crippen LogP contribution in [0.5, 0.6) is 5.75 Å². The van der Waals surface area contributed by atoms with Crippen LogP contribution in [-0.2, 0) is 13.0 Å². The second kappa shape index (κ2) is 9.60. The molecule has 0 saturated carbocycles. The highest BCUT2D eigenvalue weighted by Crippen LogP contribution is 2.25. The summed E-state index contributed by atoms with van der Waals surface area (Å²) in [5.41, 5.74) is 3.81. The fourth-order valence-electron chi connectivity index (χ4n) is 3.36. The van der Waals surface area contributed by atoms with E-state index in [0.717, 1.165) is 63.7 Å². The van der Waals surface area contributed by atoms with Crippen LogP contribution in [0, 0.1) is 0 Å². The van der Waals surface area contributed by atoms with Crippen LogP contribution in [0.1, 0.15) is 18.1 Å². The largest absolute Gasteiger partial charge is 0.490 e. The number of nitrogens with zero attached hydrogens (tertiary/aromatic N) is 2. The molecule has 140 valence electrons. The predicted octanol–water partition coefficient (Wildman–Crippen LogP) is 3.49. The van der Waals surface area contributed by atoms with E-state index in [1.54, 1.807) is 0 Å². The summed E-state index contributed by atoms with van der Waals surface area (Å²) in [6.07, 6.45) is 1.06. The Morgan fingerprint density at radius 1 is 0.923 bits per heavy atom. The third-order valence-corrected chi connectivity index (χ3v) is 5.12. The third kappa shape index (κ3) is 5.23. The summed E-state index contributed by atoms with van der Waals surface area (Å²) in [6.45, 7) is 9.30. The molecule has 1 aliphatic heterocycles. The van der Waals surface area contributed by atoms with E-state index in [1.807, 2.05) is 6.07 Å². The Morgan fingerprint density at radius 2 is 1.62 bits per heavy atom. The fourth-order valence-corrected chi connectivity index (χ4v) is 3.36. The first-order valence-electron chi connectivity index (χ1n) is 9.69. The summed E-state index contributed by atoms with van der Waals surface area (Å²) >= 11 is 0. The predicted molar refractivity (Wildman–Crippen MR) is 109 cm³/mol. The van der Waals surface area contributed by atoms with Crippen molar-refractivity contribution in [1.29, 1.82) is 0 Å². The zero-order valence-corrected chi connectivity index (χ0v) is 16.1. The monoisotopic (exact) mass is 353 g/mol. The Morgan fingerprint density at radius 3 is 2.38 bits per heavy atom. The number of hydrogen-bond acceptors (Lipinski definition) is 4. The molecule has 1 N–H and O–H groups in total. The molecule has 0 aliphatic carbocycles. The van der Waals surface area contributed by atoms with Crippen LogP contribution in [0.2, 0.25) is 0 Å². The van der Waals surface area contributed by atoms with Crippen LogP contribution in [0.15, 0.2) is 48.5 Å². The van der Waals surface area contributed by atoms with Crippen LogP contribution in [0.3, 0.4) is 0 Å². The number of rotatable bonds is 8. The van der Waals surface area contributed by atoms with Crippen LogP contribution in [0.25, 0.3) is 0 Å². The van der Waals surface area contributed by atoms with E-state index in [1.165, 1.54) is 11.1 Å². The Hall–Kier alpha value is -2.04. The fraction of sp³-hybridized carbons (Fsp3) is 0.455. The first kappa shape index (κ1) is 18.7. The van der Waals surface area contributed by atoms with E-state index in [2.05, 4.69) is 71.6 Å². The minimum Gasteiger partial charge on any atom is -0.490 e. The minimum absolute atomic E-state index is 0.730. The van der Waals surface area contributed by atoms with Gasteiger partial charge < -0.3 is 15.0 Å². The first-order chi connectivity index (χ1) is 12.8. The maximum absolute atomic E-state index is 6.09. The number of nitrogens with one attached hydrogen (secondary N) is 1. The lowest BCUT2D eigenvalue weighted by Gasteiger charge is -2.32. The highest BCUT2D eigenvalue weighted by Gasteiger charge is 2.13. The van der Waals surface area contributed by atoms with Crippen LogP contribution in [-0.4, -0.2) is 56.2 Å². The van der Waals surface area contributed by atoms with Crippen molar-refractivity contribution >= 4 is 5.69 Å². The molecule has 0 aromatic heterocycles. The lowest BCUT2D eigenvalue weighted by molar-refractivity contribution is 0.134. The van der Waals surface area contributed by atoms with Crippen molar-refractivity contribution in [3.05, 3.63) is 59.7 Å². The second-order valence-corrected chi connectivity index (χ2v) is 6.97. The van der Waals surface area contributed by atoms with Crippen LogP contribution in [0.4, 0.5) is 5.69 Å². The van der Waals surface area contributed by atoms with Crippen molar-refractivity contribution in [2.45, 2.75) is 19.9 Å². The summed E-state index contributed by atoms with van der Waals surface area (Å²) in [7, 11) is 2.19. The normalized spacial score (nSPS) is 15.8. The van der Waals surface area contributed by atoms with Gasteiger partial charge in [0.15, 0.2) is 0 Å². The Balaban J connectivity index is 1.53. The number of hydrogen-bond donors (Lipinski definition) is 1. The highest BCUT2D eigenvalue weighted by atomic mass is 16.5. The molecule has 4 nitrogen and oxygen atoms in total. The number of anilines is 1. The molecule has 3 rings (SSSR count). The minimum atomic E-state index is 0.730. The van der Waals surface area contributed by atoms with Gasteiger partial charge in [-0.3, -0.25) is 4.90 Å². The molecule has 26 heavy (non-hydrogen) atoms. The van der Waals surface area contributed by atoms with Gasteiger partial charge in [0.05, 0.1) is 5.69 Å². The molecule has 0 spiro atoms. The van der Waals surface area contributed by atoms with Gasteiger partial charge in [-0.05, 0) is 36.7 Å². The van der Waals surface area contributed by atoms with E-state index >= 15 is 0 Å². The zero-order chi connectivity index (χ0) is 18.2. The molecule has 0 radical (unpaired) electrons. The molecule has 2 aromatic rings. The summed E-state index contributed by atoms with van der Waals surface area (Å²) < 4.78 is 6.09. The number of likely N-dealkylation sites (N-methyl/N-ethyl adjacent to an activating group) is 1. The molecule has 4 heteroatoms. The summed E-state index contributed by atoms with van der Waals surface area (Å²) in [4.78, 5) is 4.86. The van der Waals surface area contributed by atoms with Crippen molar-refractivity contribution in [1.82, 2.24) is 9.80 Å². The molecule has 0 amide bonds. The summed E-state index contributed by atoms with van der Waals surface area (Å²) in [5, 5.41) is 3.55. The average molecular weight is 354 g/mol. The standard InChI is InChI=1S/C22H31N3O/c1-3-19-8-4-5-9-20(19)18-23-21-10-6-7-11-22(21)26-17-16-25-14-12-24(2)13-15-25/h4-11,23H,3,12-18H2,1-2H3.